The van der Waals surface area contributed by atoms with Crippen LogP contribution in [0.1, 0.15) is 245 Å². The molecule has 0 rings (SSSR count). The van der Waals surface area contributed by atoms with Crippen LogP contribution in [0.2, 0.25) is 0 Å². The van der Waals surface area contributed by atoms with Crippen molar-refractivity contribution in [2.24, 2.45) is 0 Å². The molecule has 1 unspecified atom stereocenters. The molecule has 66 heavy (non-hydrogen) atoms. The summed E-state index contributed by atoms with van der Waals surface area (Å²) in [7, 11) is 0. The summed E-state index contributed by atoms with van der Waals surface area (Å²) >= 11 is 0. The molecule has 0 heterocycles. The van der Waals surface area contributed by atoms with Crippen molar-refractivity contribution in [2.75, 3.05) is 13.2 Å². The maximum absolute atomic E-state index is 12.7. The summed E-state index contributed by atoms with van der Waals surface area (Å²) in [4.78, 5) is 37.8. The molecule has 0 aromatic heterocycles. The predicted molar refractivity (Wildman–Crippen MR) is 284 cm³/mol. The Labute approximate surface area is 407 Å². The number of allylic oxidation sites excluding steroid dienone is 16. The van der Waals surface area contributed by atoms with Gasteiger partial charge in [0.1, 0.15) is 13.2 Å². The minimum atomic E-state index is -0.795. The number of carbonyl (C=O) groups is 3. The zero-order valence-corrected chi connectivity index (χ0v) is 42.9. The second kappa shape index (κ2) is 53.9. The Bertz CT molecular complexity index is 1330. The van der Waals surface area contributed by atoms with Crippen molar-refractivity contribution >= 4 is 17.9 Å². The summed E-state index contributed by atoms with van der Waals surface area (Å²) in [5.74, 6) is -0.947. The second-order valence-corrected chi connectivity index (χ2v) is 17.7. The van der Waals surface area contributed by atoms with E-state index in [4.69, 9.17) is 14.2 Å². The molecule has 0 fully saturated rings. The van der Waals surface area contributed by atoms with Crippen LogP contribution in [0.4, 0.5) is 0 Å². The molecule has 0 aliphatic carbocycles. The molecule has 0 aromatic carbocycles. The number of esters is 3. The molecule has 0 saturated heterocycles. The number of ether oxygens (including phenoxy) is 3. The number of hydrogen-bond donors (Lipinski definition) is 0. The smallest absolute Gasteiger partial charge is 0.306 e. The highest BCUT2D eigenvalue weighted by Gasteiger charge is 2.19. The van der Waals surface area contributed by atoms with Gasteiger partial charge in [0, 0.05) is 19.3 Å². The van der Waals surface area contributed by atoms with Gasteiger partial charge in [-0.3, -0.25) is 14.4 Å². The summed E-state index contributed by atoms with van der Waals surface area (Å²) in [5.41, 5.74) is 0. The molecule has 0 spiro atoms. The maximum Gasteiger partial charge on any atom is 0.306 e. The summed E-state index contributed by atoms with van der Waals surface area (Å²) in [6, 6.07) is 0. The first-order chi connectivity index (χ1) is 32.5. The van der Waals surface area contributed by atoms with Crippen molar-refractivity contribution in [3.63, 3.8) is 0 Å². The lowest BCUT2D eigenvalue weighted by Crippen LogP contribution is -2.30. The Morgan fingerprint density at radius 1 is 0.318 bits per heavy atom. The lowest BCUT2D eigenvalue weighted by Gasteiger charge is -2.18. The van der Waals surface area contributed by atoms with Gasteiger partial charge in [-0.2, -0.15) is 0 Å². The fraction of sp³-hybridized carbons (Fsp3) is 0.683. The molecule has 1 atom stereocenters. The standard InChI is InChI=1S/C60H100O6/c1-4-7-10-13-16-18-20-22-24-25-26-27-28-29-30-31-32-33-34-35-37-38-40-42-44-47-50-53-59(62)65-56-57(55-64-58(61)52-49-46-15-12-9-6-3)66-60(63)54-51-48-45-43-41-39-36-23-21-19-17-14-11-8-5-2/h7-8,10-11,16-19,22-24,26-27,36,41,43,57H,4-6,9,12-15,20-21,25,28-35,37-40,42,44-56H2,1-3H3/b10-7-,11-8-,18-16-,19-17-,24-22-,27-26-,36-23-,43-41-. The molecule has 0 aromatic rings. The van der Waals surface area contributed by atoms with Gasteiger partial charge in [0.25, 0.3) is 0 Å². The van der Waals surface area contributed by atoms with Crippen LogP contribution < -0.4 is 0 Å². The highest BCUT2D eigenvalue weighted by Crippen LogP contribution is 2.15. The summed E-state index contributed by atoms with van der Waals surface area (Å²) in [6.45, 7) is 6.31. The number of hydrogen-bond acceptors (Lipinski definition) is 6. The molecule has 0 saturated carbocycles. The van der Waals surface area contributed by atoms with E-state index >= 15 is 0 Å². The first-order valence-electron chi connectivity index (χ1n) is 27.2. The van der Waals surface area contributed by atoms with Crippen LogP contribution in [0, 0.1) is 0 Å². The highest BCUT2D eigenvalue weighted by molar-refractivity contribution is 5.71. The first kappa shape index (κ1) is 62.3. The molecule has 6 nitrogen and oxygen atoms in total. The van der Waals surface area contributed by atoms with E-state index in [1.54, 1.807) is 0 Å². The van der Waals surface area contributed by atoms with Crippen LogP contribution in [0.25, 0.3) is 0 Å². The maximum atomic E-state index is 12.7. The summed E-state index contributed by atoms with van der Waals surface area (Å²) in [6.07, 6.45) is 71.5. The van der Waals surface area contributed by atoms with E-state index in [1.165, 1.54) is 96.3 Å². The Kier molecular flexibility index (Phi) is 50.9. The normalized spacial score (nSPS) is 12.8. The monoisotopic (exact) mass is 917 g/mol. The van der Waals surface area contributed by atoms with Crippen molar-refractivity contribution in [3.8, 4) is 0 Å². The molecule has 0 radical (unpaired) electrons. The van der Waals surface area contributed by atoms with E-state index in [2.05, 4.69) is 118 Å². The summed E-state index contributed by atoms with van der Waals surface area (Å²) in [5, 5.41) is 0. The molecule has 0 bridgehead atoms. The molecule has 0 aliphatic rings. The number of carbonyl (C=O) groups excluding carboxylic acids is 3. The third kappa shape index (κ3) is 51.3. The molecule has 0 N–H and O–H groups in total. The van der Waals surface area contributed by atoms with Gasteiger partial charge < -0.3 is 14.2 Å². The average molecular weight is 917 g/mol. The van der Waals surface area contributed by atoms with Crippen molar-refractivity contribution in [1.29, 1.82) is 0 Å². The fourth-order valence-corrected chi connectivity index (χ4v) is 7.31. The minimum Gasteiger partial charge on any atom is -0.462 e. The van der Waals surface area contributed by atoms with E-state index in [9.17, 15) is 14.4 Å². The molecule has 376 valence electrons. The van der Waals surface area contributed by atoms with Gasteiger partial charge in [0.2, 0.25) is 0 Å². The van der Waals surface area contributed by atoms with Gasteiger partial charge in [-0.15, -0.1) is 0 Å². The Morgan fingerprint density at radius 2 is 0.591 bits per heavy atom. The van der Waals surface area contributed by atoms with Crippen molar-refractivity contribution < 1.29 is 28.6 Å². The van der Waals surface area contributed by atoms with Crippen molar-refractivity contribution in [2.45, 2.75) is 252 Å². The SMILES string of the molecule is CC/C=C\C/C=C\C/C=C\C/C=C\CCCCCCCCCCCCCCCCC(=O)OCC(COC(=O)CCCCCCCC)OC(=O)CCCC/C=C\C/C=C\C/C=C\C/C=C\CC. The lowest BCUT2D eigenvalue weighted by molar-refractivity contribution is -0.167. The van der Waals surface area contributed by atoms with E-state index in [1.807, 2.05) is 0 Å². The van der Waals surface area contributed by atoms with Crippen LogP contribution in [0.5, 0.6) is 0 Å². The molecule has 0 amide bonds. The van der Waals surface area contributed by atoms with Crippen LogP contribution in [-0.2, 0) is 28.6 Å². The zero-order valence-electron chi connectivity index (χ0n) is 42.9. The Morgan fingerprint density at radius 3 is 0.955 bits per heavy atom. The second-order valence-electron chi connectivity index (χ2n) is 17.7. The van der Waals surface area contributed by atoms with Crippen LogP contribution >= 0.6 is 0 Å². The topological polar surface area (TPSA) is 78.9 Å². The highest BCUT2D eigenvalue weighted by atomic mass is 16.6. The largest absolute Gasteiger partial charge is 0.462 e. The molecule has 6 heteroatoms. The lowest BCUT2D eigenvalue weighted by atomic mass is 10.0. The van der Waals surface area contributed by atoms with Crippen LogP contribution in [0.3, 0.4) is 0 Å². The third-order valence-electron chi connectivity index (χ3n) is 11.3. The molecular formula is C60H100O6. The van der Waals surface area contributed by atoms with E-state index in [0.717, 1.165) is 103 Å². The third-order valence-corrected chi connectivity index (χ3v) is 11.3. The van der Waals surface area contributed by atoms with E-state index in [0.29, 0.717) is 19.3 Å². The predicted octanol–water partition coefficient (Wildman–Crippen LogP) is 18.1. The van der Waals surface area contributed by atoms with E-state index < -0.39 is 6.10 Å². The van der Waals surface area contributed by atoms with Gasteiger partial charge in [-0.1, -0.05) is 227 Å². The van der Waals surface area contributed by atoms with Gasteiger partial charge in [-0.05, 0) is 96.3 Å². The first-order valence-corrected chi connectivity index (χ1v) is 27.2. The number of unbranched alkanes of at least 4 members (excludes halogenated alkanes) is 21. The zero-order chi connectivity index (χ0) is 47.9. The van der Waals surface area contributed by atoms with Crippen LogP contribution in [0.15, 0.2) is 97.2 Å². The van der Waals surface area contributed by atoms with Gasteiger partial charge in [0.15, 0.2) is 6.10 Å². The number of rotatable bonds is 48. The van der Waals surface area contributed by atoms with Crippen molar-refractivity contribution in [1.82, 2.24) is 0 Å². The quantitative estimate of drug-likeness (QED) is 0.0262. The Hall–Kier alpha value is -3.67. The van der Waals surface area contributed by atoms with Gasteiger partial charge in [-0.25, -0.2) is 0 Å². The average Bonchev–Trinajstić information content (AvgIpc) is 3.31. The van der Waals surface area contributed by atoms with Crippen LogP contribution in [-0.4, -0.2) is 37.2 Å². The van der Waals surface area contributed by atoms with E-state index in [-0.39, 0.29) is 37.5 Å². The van der Waals surface area contributed by atoms with Gasteiger partial charge in [0.05, 0.1) is 0 Å². The fourth-order valence-electron chi connectivity index (χ4n) is 7.31. The molecule has 0 aliphatic heterocycles. The van der Waals surface area contributed by atoms with Crippen molar-refractivity contribution in [3.05, 3.63) is 97.2 Å². The Balaban J connectivity index is 4.13. The minimum absolute atomic E-state index is 0.0937. The van der Waals surface area contributed by atoms with Gasteiger partial charge >= 0.3 is 17.9 Å². The summed E-state index contributed by atoms with van der Waals surface area (Å²) < 4.78 is 16.7. The molecular weight excluding hydrogens is 817 g/mol.